The number of carbonyl (C=O) groups excluding carboxylic acids is 1. The number of fused-ring (bicyclic) bond motifs is 1. The molecule has 1 amide bonds. The van der Waals surface area contributed by atoms with Gasteiger partial charge in [0.05, 0.1) is 26.6 Å². The predicted molar refractivity (Wildman–Crippen MR) is 112 cm³/mol. The second-order valence-electron chi connectivity index (χ2n) is 6.34. The first-order chi connectivity index (χ1) is 13.9. The van der Waals surface area contributed by atoms with E-state index in [0.29, 0.717) is 49.5 Å². The molecular formula is C21H14Cl2FN3O2. The molecule has 1 heterocycles. The summed E-state index contributed by atoms with van der Waals surface area (Å²) in [5.41, 5.74) is 2.77. The van der Waals surface area contributed by atoms with Crippen molar-refractivity contribution in [3.8, 4) is 17.1 Å². The Labute approximate surface area is 175 Å². The first-order valence-corrected chi connectivity index (χ1v) is 9.35. The minimum absolute atomic E-state index is 0.314. The van der Waals surface area contributed by atoms with E-state index in [0.717, 1.165) is 0 Å². The third-order valence-electron chi connectivity index (χ3n) is 4.27. The summed E-state index contributed by atoms with van der Waals surface area (Å²) in [5.74, 6) is 0.483. The minimum atomic E-state index is -0.691. The molecule has 5 nitrogen and oxygen atoms in total. The summed E-state index contributed by atoms with van der Waals surface area (Å²) in [6.45, 7) is 1.61. The van der Waals surface area contributed by atoms with E-state index in [4.69, 9.17) is 27.9 Å². The van der Waals surface area contributed by atoms with Crippen LogP contribution in [-0.2, 0) is 0 Å². The second-order valence-corrected chi connectivity index (χ2v) is 7.15. The Kier molecular flexibility index (Phi) is 5.13. The van der Waals surface area contributed by atoms with Crippen molar-refractivity contribution >= 4 is 46.0 Å². The molecule has 8 heteroatoms. The maximum Gasteiger partial charge on any atom is 0.417 e. The number of nitrogens with zero attached hydrogens (tertiary/aromatic N) is 1. The number of aryl methyl sites for hydroxylation is 1. The van der Waals surface area contributed by atoms with Crippen LogP contribution in [0.1, 0.15) is 5.56 Å². The molecule has 0 aliphatic rings. The first-order valence-electron chi connectivity index (χ1n) is 8.60. The van der Waals surface area contributed by atoms with E-state index in [1.165, 1.54) is 18.2 Å². The fraction of sp³-hybridized carbons (Fsp3) is 0.0476. The molecule has 4 aromatic rings. The van der Waals surface area contributed by atoms with Crippen molar-refractivity contribution in [1.82, 2.24) is 9.97 Å². The summed E-state index contributed by atoms with van der Waals surface area (Å²) < 4.78 is 18.7. The van der Waals surface area contributed by atoms with Gasteiger partial charge in [0.2, 0.25) is 0 Å². The maximum absolute atomic E-state index is 13.3. The van der Waals surface area contributed by atoms with E-state index in [9.17, 15) is 9.18 Å². The van der Waals surface area contributed by atoms with Crippen molar-refractivity contribution in [3.05, 3.63) is 76.0 Å². The fourth-order valence-electron chi connectivity index (χ4n) is 2.87. The van der Waals surface area contributed by atoms with Crippen LogP contribution in [0, 0.1) is 12.7 Å². The number of hydrogen-bond acceptors (Lipinski definition) is 3. The topological polar surface area (TPSA) is 67.0 Å². The molecule has 0 spiro atoms. The zero-order valence-electron chi connectivity index (χ0n) is 15.1. The van der Waals surface area contributed by atoms with Crippen LogP contribution >= 0.6 is 23.2 Å². The summed E-state index contributed by atoms with van der Waals surface area (Å²) >= 11 is 12.5. The number of benzene rings is 3. The highest BCUT2D eigenvalue weighted by molar-refractivity contribution is 6.39. The summed E-state index contributed by atoms with van der Waals surface area (Å²) in [5, 5.41) is 3.51. The molecule has 0 atom stereocenters. The summed E-state index contributed by atoms with van der Waals surface area (Å²) in [7, 11) is 0. The van der Waals surface area contributed by atoms with Gasteiger partial charge in [-0.05, 0) is 55.0 Å². The number of carbonyl (C=O) groups is 1. The smallest absolute Gasteiger partial charge is 0.410 e. The van der Waals surface area contributed by atoms with Crippen molar-refractivity contribution in [3.63, 3.8) is 0 Å². The summed E-state index contributed by atoms with van der Waals surface area (Å²) in [4.78, 5) is 19.8. The van der Waals surface area contributed by atoms with E-state index in [-0.39, 0.29) is 5.82 Å². The molecule has 2 N–H and O–H groups in total. The number of rotatable bonds is 3. The maximum atomic E-state index is 13.3. The molecule has 0 fully saturated rings. The molecule has 0 bridgehead atoms. The highest BCUT2D eigenvalue weighted by Crippen LogP contribution is 2.34. The van der Waals surface area contributed by atoms with Crippen LogP contribution in [0.5, 0.6) is 5.75 Å². The lowest BCUT2D eigenvalue weighted by Gasteiger charge is -2.07. The van der Waals surface area contributed by atoms with Gasteiger partial charge in [-0.1, -0.05) is 29.3 Å². The summed E-state index contributed by atoms with van der Waals surface area (Å²) in [6.07, 6.45) is -0.691. The lowest BCUT2D eigenvalue weighted by Crippen LogP contribution is -2.16. The van der Waals surface area contributed by atoms with Crippen molar-refractivity contribution in [2.75, 3.05) is 5.32 Å². The molecule has 0 aliphatic heterocycles. The average molecular weight is 430 g/mol. The third kappa shape index (κ3) is 4.04. The van der Waals surface area contributed by atoms with Crippen LogP contribution in [0.25, 0.3) is 22.4 Å². The number of imidazole rings is 1. The van der Waals surface area contributed by atoms with Crippen molar-refractivity contribution in [2.45, 2.75) is 6.92 Å². The van der Waals surface area contributed by atoms with Crippen molar-refractivity contribution in [1.29, 1.82) is 0 Å². The first kappa shape index (κ1) is 19.2. The molecule has 0 aliphatic carbocycles. The predicted octanol–water partition coefficient (Wildman–Crippen LogP) is 6.60. The molecular weight excluding hydrogens is 416 g/mol. The van der Waals surface area contributed by atoms with E-state index in [1.807, 2.05) is 0 Å². The number of hydrogen-bond donors (Lipinski definition) is 2. The SMILES string of the molecule is Cc1cc(NC(=O)Oc2ccc3nc(-c4c(Cl)cccc4Cl)[nH]c3c2)ccc1F. The molecule has 0 unspecified atom stereocenters. The molecule has 0 saturated carbocycles. The van der Waals surface area contributed by atoms with Gasteiger partial charge < -0.3 is 9.72 Å². The number of nitrogens with one attached hydrogen (secondary N) is 2. The lowest BCUT2D eigenvalue weighted by atomic mass is 10.2. The zero-order valence-corrected chi connectivity index (χ0v) is 16.6. The van der Waals surface area contributed by atoms with E-state index >= 15 is 0 Å². The van der Waals surface area contributed by atoms with Crippen molar-refractivity contribution in [2.24, 2.45) is 0 Å². The van der Waals surface area contributed by atoms with Gasteiger partial charge in [-0.3, -0.25) is 5.32 Å². The monoisotopic (exact) mass is 429 g/mol. The Hall–Kier alpha value is -3.09. The molecule has 3 aromatic carbocycles. The van der Waals surface area contributed by atoms with Gasteiger partial charge in [-0.15, -0.1) is 0 Å². The van der Waals surface area contributed by atoms with Gasteiger partial charge in [0.15, 0.2) is 0 Å². The van der Waals surface area contributed by atoms with E-state index in [1.54, 1.807) is 43.3 Å². The number of amides is 1. The highest BCUT2D eigenvalue weighted by Gasteiger charge is 2.14. The zero-order chi connectivity index (χ0) is 20.5. The van der Waals surface area contributed by atoms with E-state index in [2.05, 4.69) is 15.3 Å². The normalized spacial score (nSPS) is 10.9. The van der Waals surface area contributed by atoms with Crippen LogP contribution in [0.4, 0.5) is 14.9 Å². The van der Waals surface area contributed by atoms with Crippen LogP contribution in [0.3, 0.4) is 0 Å². The third-order valence-corrected chi connectivity index (χ3v) is 4.90. The number of H-pyrrole nitrogens is 1. The largest absolute Gasteiger partial charge is 0.417 e. The van der Waals surface area contributed by atoms with Gasteiger partial charge >= 0.3 is 6.09 Å². The standard InChI is InChI=1S/C21H14Cl2FN3O2/c1-11-9-12(5-7-16(11)24)25-21(28)29-13-6-8-17-18(10-13)27-20(26-17)19-14(22)3-2-4-15(19)23/h2-10H,1H3,(H,25,28)(H,26,27). The minimum Gasteiger partial charge on any atom is -0.410 e. The van der Waals surface area contributed by atoms with Gasteiger partial charge in [-0.2, -0.15) is 0 Å². The van der Waals surface area contributed by atoms with Gasteiger partial charge in [0.25, 0.3) is 0 Å². The number of halogens is 3. The average Bonchev–Trinajstić information content (AvgIpc) is 3.07. The Morgan fingerprint density at radius 1 is 1.10 bits per heavy atom. The molecule has 1 aromatic heterocycles. The number of anilines is 1. The fourth-order valence-corrected chi connectivity index (χ4v) is 3.44. The highest BCUT2D eigenvalue weighted by atomic mass is 35.5. The molecule has 0 saturated heterocycles. The lowest BCUT2D eigenvalue weighted by molar-refractivity contribution is 0.215. The Balaban J connectivity index is 1.56. The van der Waals surface area contributed by atoms with Gasteiger partial charge in [0, 0.05) is 11.8 Å². The Bertz CT molecular complexity index is 1220. The van der Waals surface area contributed by atoms with Crippen LogP contribution in [-0.4, -0.2) is 16.1 Å². The van der Waals surface area contributed by atoms with Crippen molar-refractivity contribution < 1.29 is 13.9 Å². The van der Waals surface area contributed by atoms with Crippen LogP contribution in [0.2, 0.25) is 10.0 Å². The number of aromatic amines is 1. The summed E-state index contributed by atoms with van der Waals surface area (Å²) in [6, 6.07) is 14.5. The quantitative estimate of drug-likeness (QED) is 0.385. The number of ether oxygens (including phenoxy) is 1. The van der Waals surface area contributed by atoms with Gasteiger partial charge in [0.1, 0.15) is 17.4 Å². The molecule has 0 radical (unpaired) electrons. The van der Waals surface area contributed by atoms with Crippen LogP contribution < -0.4 is 10.1 Å². The molecule has 146 valence electrons. The Morgan fingerprint density at radius 2 is 1.86 bits per heavy atom. The van der Waals surface area contributed by atoms with Crippen LogP contribution in [0.15, 0.2) is 54.6 Å². The van der Waals surface area contributed by atoms with E-state index < -0.39 is 6.09 Å². The molecule has 29 heavy (non-hydrogen) atoms. The number of aromatic nitrogens is 2. The van der Waals surface area contributed by atoms with Gasteiger partial charge in [-0.25, -0.2) is 14.2 Å². The second kappa shape index (κ2) is 7.73. The molecule has 4 rings (SSSR count). The Morgan fingerprint density at radius 3 is 2.59 bits per heavy atom.